The number of aryl methyl sites for hydroxylation is 1. The first-order valence-corrected chi connectivity index (χ1v) is 10.2. The highest BCUT2D eigenvalue weighted by molar-refractivity contribution is 5.94. The molecule has 0 bridgehead atoms. The van der Waals surface area contributed by atoms with Gasteiger partial charge in [-0.2, -0.15) is 0 Å². The van der Waals surface area contributed by atoms with Crippen molar-refractivity contribution in [3.63, 3.8) is 0 Å². The van der Waals surface area contributed by atoms with E-state index in [4.69, 9.17) is 9.47 Å². The van der Waals surface area contributed by atoms with Gasteiger partial charge < -0.3 is 25.4 Å². The molecule has 2 rings (SSSR count). The van der Waals surface area contributed by atoms with E-state index in [1.165, 1.54) is 6.07 Å². The number of amides is 1. The minimum atomic E-state index is -0.378. The maximum absolute atomic E-state index is 13.5. The summed E-state index contributed by atoms with van der Waals surface area (Å²) in [5.74, 6) is 0.621. The molecule has 0 radical (unpaired) electrons. The average molecular weight is 409 g/mol. The Bertz CT molecular complexity index is 663. The minimum absolute atomic E-state index is 0.296. The lowest BCUT2D eigenvalue weighted by atomic mass is 10.0. The molecular weight excluding hydrogens is 375 g/mol. The number of aliphatic imine (C=N–C) groups is 1. The summed E-state index contributed by atoms with van der Waals surface area (Å²) in [6.07, 6.45) is 3.06. The van der Waals surface area contributed by atoms with E-state index in [-0.39, 0.29) is 11.7 Å². The highest BCUT2D eigenvalue weighted by atomic mass is 19.1. The molecule has 1 heterocycles. The summed E-state index contributed by atoms with van der Waals surface area (Å²) >= 11 is 0. The fourth-order valence-corrected chi connectivity index (χ4v) is 2.96. The zero-order valence-corrected chi connectivity index (χ0v) is 17.4. The summed E-state index contributed by atoms with van der Waals surface area (Å²) in [4.78, 5) is 16.2. The molecule has 0 spiro atoms. The maximum Gasteiger partial charge on any atom is 0.251 e. The number of carbonyl (C=O) groups excluding carboxylic acids is 1. The summed E-state index contributed by atoms with van der Waals surface area (Å²) < 4.78 is 24.6. The Balaban J connectivity index is 1.52. The first-order chi connectivity index (χ1) is 14.1. The second-order valence-corrected chi connectivity index (χ2v) is 7.13. The van der Waals surface area contributed by atoms with E-state index in [1.54, 1.807) is 26.1 Å². The molecule has 1 saturated heterocycles. The van der Waals surface area contributed by atoms with E-state index in [0.29, 0.717) is 42.7 Å². The predicted octanol–water partition coefficient (Wildman–Crippen LogP) is 1.86. The van der Waals surface area contributed by atoms with Gasteiger partial charge >= 0.3 is 0 Å². The van der Waals surface area contributed by atoms with E-state index >= 15 is 0 Å². The Kier molecular flexibility index (Phi) is 10.4. The molecule has 8 heteroatoms. The lowest BCUT2D eigenvalue weighted by Gasteiger charge is -2.21. The standard InChI is InChI=1S/C21H33FN4O3/c1-16-4-5-18(14-19(16)22)20(27)24-9-10-26-21(23-2)25-8-3-11-29-15-17-6-12-28-13-7-17/h4-5,14,17H,3,6-13,15H2,1-2H3,(H,24,27)(H2,23,25,26). The summed E-state index contributed by atoms with van der Waals surface area (Å²) in [6, 6.07) is 4.47. The van der Waals surface area contributed by atoms with Crippen LogP contribution >= 0.6 is 0 Å². The second-order valence-electron chi connectivity index (χ2n) is 7.13. The number of nitrogens with zero attached hydrogens (tertiary/aromatic N) is 1. The van der Waals surface area contributed by atoms with Crippen molar-refractivity contribution in [2.24, 2.45) is 10.9 Å². The van der Waals surface area contributed by atoms with Gasteiger partial charge in [-0.05, 0) is 49.8 Å². The van der Waals surface area contributed by atoms with Crippen molar-refractivity contribution in [1.82, 2.24) is 16.0 Å². The van der Waals surface area contributed by atoms with Gasteiger partial charge in [0.1, 0.15) is 5.82 Å². The predicted molar refractivity (Wildman–Crippen MR) is 112 cm³/mol. The van der Waals surface area contributed by atoms with Crippen LogP contribution in [0, 0.1) is 18.7 Å². The highest BCUT2D eigenvalue weighted by Gasteiger charge is 2.13. The monoisotopic (exact) mass is 408 g/mol. The van der Waals surface area contributed by atoms with Crippen LogP contribution in [0.3, 0.4) is 0 Å². The Labute approximate surface area is 172 Å². The largest absolute Gasteiger partial charge is 0.381 e. The van der Waals surface area contributed by atoms with Crippen molar-refractivity contribution in [1.29, 1.82) is 0 Å². The van der Waals surface area contributed by atoms with Gasteiger partial charge in [0, 0.05) is 58.7 Å². The van der Waals surface area contributed by atoms with Gasteiger partial charge in [-0.1, -0.05) is 6.07 Å². The molecule has 162 valence electrons. The molecule has 1 aromatic carbocycles. The van der Waals surface area contributed by atoms with Gasteiger partial charge in [0.05, 0.1) is 0 Å². The smallest absolute Gasteiger partial charge is 0.251 e. The zero-order chi connectivity index (χ0) is 20.9. The summed E-state index contributed by atoms with van der Waals surface area (Å²) in [5, 5.41) is 9.11. The van der Waals surface area contributed by atoms with Gasteiger partial charge in [-0.25, -0.2) is 4.39 Å². The number of hydrogen-bond donors (Lipinski definition) is 3. The number of halogens is 1. The zero-order valence-electron chi connectivity index (χ0n) is 17.4. The van der Waals surface area contributed by atoms with Crippen molar-refractivity contribution in [3.05, 3.63) is 35.1 Å². The summed E-state index contributed by atoms with van der Waals surface area (Å²) in [7, 11) is 1.70. The third-order valence-corrected chi connectivity index (χ3v) is 4.81. The first kappa shape index (κ1) is 23.1. The van der Waals surface area contributed by atoms with E-state index in [0.717, 1.165) is 45.6 Å². The highest BCUT2D eigenvalue weighted by Crippen LogP contribution is 2.14. The van der Waals surface area contributed by atoms with Gasteiger partial charge in [-0.3, -0.25) is 9.79 Å². The number of carbonyl (C=O) groups is 1. The molecule has 1 fully saturated rings. The molecule has 0 aromatic heterocycles. The van der Waals surface area contributed by atoms with E-state index in [2.05, 4.69) is 20.9 Å². The fraction of sp³-hybridized carbons (Fsp3) is 0.619. The van der Waals surface area contributed by atoms with Crippen LogP contribution < -0.4 is 16.0 Å². The molecule has 0 aliphatic carbocycles. The van der Waals surface area contributed by atoms with Crippen LogP contribution in [0.4, 0.5) is 4.39 Å². The Morgan fingerprint density at radius 2 is 1.93 bits per heavy atom. The van der Waals surface area contributed by atoms with Crippen molar-refractivity contribution in [2.45, 2.75) is 26.2 Å². The fourth-order valence-electron chi connectivity index (χ4n) is 2.96. The molecule has 1 aromatic rings. The quantitative estimate of drug-likeness (QED) is 0.313. The third kappa shape index (κ3) is 8.79. The molecule has 0 saturated carbocycles. The number of hydrogen-bond acceptors (Lipinski definition) is 4. The molecule has 1 aliphatic rings. The molecule has 1 aliphatic heterocycles. The van der Waals surface area contributed by atoms with Gasteiger partial charge in [-0.15, -0.1) is 0 Å². The number of benzene rings is 1. The van der Waals surface area contributed by atoms with Crippen LogP contribution in [0.2, 0.25) is 0 Å². The van der Waals surface area contributed by atoms with Gasteiger partial charge in [0.25, 0.3) is 5.91 Å². The Morgan fingerprint density at radius 3 is 2.66 bits per heavy atom. The van der Waals surface area contributed by atoms with Gasteiger partial charge in [0.15, 0.2) is 5.96 Å². The van der Waals surface area contributed by atoms with Crippen LogP contribution in [0.25, 0.3) is 0 Å². The number of nitrogens with one attached hydrogen (secondary N) is 3. The topological polar surface area (TPSA) is 84.0 Å². The van der Waals surface area contributed by atoms with Crippen LogP contribution in [-0.2, 0) is 9.47 Å². The van der Waals surface area contributed by atoms with Crippen LogP contribution in [0.1, 0.15) is 35.2 Å². The van der Waals surface area contributed by atoms with Crippen LogP contribution in [0.15, 0.2) is 23.2 Å². The van der Waals surface area contributed by atoms with Gasteiger partial charge in [0.2, 0.25) is 0 Å². The lowest BCUT2D eigenvalue weighted by Crippen LogP contribution is -2.42. The van der Waals surface area contributed by atoms with E-state index in [1.807, 2.05) is 0 Å². The minimum Gasteiger partial charge on any atom is -0.381 e. The Morgan fingerprint density at radius 1 is 1.21 bits per heavy atom. The molecule has 0 atom stereocenters. The van der Waals surface area contributed by atoms with Crippen molar-refractivity contribution in [3.8, 4) is 0 Å². The van der Waals surface area contributed by atoms with Crippen LogP contribution in [-0.4, -0.2) is 65.0 Å². The third-order valence-electron chi connectivity index (χ3n) is 4.81. The Hall–Kier alpha value is -2.19. The molecule has 29 heavy (non-hydrogen) atoms. The molecular formula is C21H33FN4O3. The lowest BCUT2D eigenvalue weighted by molar-refractivity contribution is 0.0203. The average Bonchev–Trinajstić information content (AvgIpc) is 2.74. The van der Waals surface area contributed by atoms with E-state index in [9.17, 15) is 9.18 Å². The van der Waals surface area contributed by atoms with Crippen molar-refractivity contribution >= 4 is 11.9 Å². The number of ether oxygens (including phenoxy) is 2. The molecule has 1 amide bonds. The maximum atomic E-state index is 13.5. The summed E-state index contributed by atoms with van der Waals surface area (Å²) in [6.45, 7) is 6.55. The normalized spacial score (nSPS) is 15.2. The molecule has 7 nitrogen and oxygen atoms in total. The second kappa shape index (κ2) is 13.1. The van der Waals surface area contributed by atoms with Crippen molar-refractivity contribution in [2.75, 3.05) is 53.1 Å². The molecule has 0 unspecified atom stereocenters. The SMILES string of the molecule is CN=C(NCCCOCC1CCOCC1)NCCNC(=O)c1ccc(C)c(F)c1. The molecule has 3 N–H and O–H groups in total. The van der Waals surface area contributed by atoms with Crippen LogP contribution in [0.5, 0.6) is 0 Å². The first-order valence-electron chi connectivity index (χ1n) is 10.2. The summed E-state index contributed by atoms with van der Waals surface area (Å²) in [5.41, 5.74) is 0.837. The van der Waals surface area contributed by atoms with E-state index < -0.39 is 0 Å². The number of rotatable bonds is 10. The number of guanidine groups is 1. The van der Waals surface area contributed by atoms with Crippen molar-refractivity contribution < 1.29 is 18.7 Å².